The van der Waals surface area contributed by atoms with Crippen LogP contribution in [-0.4, -0.2) is 30.7 Å². The van der Waals surface area contributed by atoms with Gasteiger partial charge in [0.1, 0.15) is 0 Å². The van der Waals surface area contributed by atoms with Crippen LogP contribution in [0.2, 0.25) is 0 Å². The molecule has 15 heavy (non-hydrogen) atoms. The number of carbonyl (C=O) groups is 2. The molecule has 0 heterocycles. The fourth-order valence-electron chi connectivity index (χ4n) is 1.21. The molecule has 0 aromatic carbocycles. The van der Waals surface area contributed by atoms with Crippen molar-refractivity contribution in [1.82, 2.24) is 4.90 Å². The van der Waals surface area contributed by atoms with Gasteiger partial charge in [-0.25, -0.2) is 9.59 Å². The summed E-state index contributed by atoms with van der Waals surface area (Å²) in [7, 11) is 1.59. The van der Waals surface area contributed by atoms with E-state index < -0.39 is 12.2 Å². The minimum absolute atomic E-state index is 0.593. The van der Waals surface area contributed by atoms with Crippen LogP contribution in [0, 0.1) is 0 Å². The quantitative estimate of drug-likeness (QED) is 0.546. The second kappa shape index (κ2) is 8.08. The molecule has 0 radical (unpaired) electrons. The number of carbonyl (C=O) groups excluding carboxylic acids is 2. The Hall–Kier alpha value is -1.26. The maximum absolute atomic E-state index is 11.1. The van der Waals surface area contributed by atoms with Crippen LogP contribution < -0.4 is 5.73 Å². The SMILES string of the molecule is CCCCCCCN(C)C(=O)OC(N)=O. The molecule has 2 amide bonds. The zero-order chi connectivity index (χ0) is 11.7. The summed E-state index contributed by atoms with van der Waals surface area (Å²) in [6.45, 7) is 2.74. The third-order valence-corrected chi connectivity index (χ3v) is 2.10. The first-order chi connectivity index (χ1) is 7.07. The molecular formula is C10H20N2O3. The van der Waals surface area contributed by atoms with E-state index in [4.69, 9.17) is 5.73 Å². The van der Waals surface area contributed by atoms with E-state index in [-0.39, 0.29) is 0 Å². The van der Waals surface area contributed by atoms with E-state index in [0.717, 1.165) is 12.8 Å². The maximum atomic E-state index is 11.1. The van der Waals surface area contributed by atoms with Gasteiger partial charge in [-0.2, -0.15) is 0 Å². The fraction of sp³-hybridized carbons (Fsp3) is 0.800. The lowest BCUT2D eigenvalue weighted by Crippen LogP contribution is -2.32. The average Bonchev–Trinajstić information content (AvgIpc) is 2.16. The molecular weight excluding hydrogens is 196 g/mol. The molecule has 5 heteroatoms. The third kappa shape index (κ3) is 7.78. The van der Waals surface area contributed by atoms with Crippen molar-refractivity contribution in [3.05, 3.63) is 0 Å². The van der Waals surface area contributed by atoms with Crippen LogP contribution in [0.4, 0.5) is 9.59 Å². The Kier molecular flexibility index (Phi) is 7.40. The number of unbranched alkanes of at least 4 members (excludes halogenated alkanes) is 4. The van der Waals surface area contributed by atoms with Crippen molar-refractivity contribution >= 4 is 12.2 Å². The van der Waals surface area contributed by atoms with E-state index >= 15 is 0 Å². The molecule has 0 saturated heterocycles. The lowest BCUT2D eigenvalue weighted by Gasteiger charge is -2.14. The van der Waals surface area contributed by atoms with Crippen molar-refractivity contribution in [2.75, 3.05) is 13.6 Å². The molecule has 0 bridgehead atoms. The van der Waals surface area contributed by atoms with Gasteiger partial charge in [0.2, 0.25) is 0 Å². The highest BCUT2D eigenvalue weighted by molar-refractivity contribution is 5.82. The van der Waals surface area contributed by atoms with E-state index in [2.05, 4.69) is 11.7 Å². The standard InChI is InChI=1S/C10H20N2O3/c1-3-4-5-6-7-8-12(2)10(14)15-9(11)13/h3-8H2,1-2H3,(H2,11,13). The van der Waals surface area contributed by atoms with Gasteiger partial charge in [-0.05, 0) is 6.42 Å². The number of ether oxygens (including phenoxy) is 1. The lowest BCUT2D eigenvalue weighted by atomic mass is 10.1. The Bertz CT molecular complexity index is 207. The second-order valence-electron chi connectivity index (χ2n) is 3.52. The summed E-state index contributed by atoms with van der Waals surface area (Å²) in [5, 5.41) is 0. The average molecular weight is 216 g/mol. The largest absolute Gasteiger partial charge is 0.418 e. The van der Waals surface area contributed by atoms with Crippen LogP contribution >= 0.6 is 0 Å². The zero-order valence-corrected chi connectivity index (χ0v) is 9.49. The van der Waals surface area contributed by atoms with E-state index in [1.165, 1.54) is 24.2 Å². The predicted molar refractivity (Wildman–Crippen MR) is 57.5 cm³/mol. The normalized spacial score (nSPS) is 9.73. The number of hydrogen-bond acceptors (Lipinski definition) is 3. The van der Waals surface area contributed by atoms with Gasteiger partial charge in [0, 0.05) is 13.6 Å². The smallest absolute Gasteiger partial charge is 0.359 e. The number of nitrogens with zero attached hydrogens (tertiary/aromatic N) is 1. The fourth-order valence-corrected chi connectivity index (χ4v) is 1.21. The van der Waals surface area contributed by atoms with Gasteiger partial charge < -0.3 is 15.4 Å². The van der Waals surface area contributed by atoms with Crippen LogP contribution in [-0.2, 0) is 4.74 Å². The minimum Gasteiger partial charge on any atom is -0.359 e. The second-order valence-corrected chi connectivity index (χ2v) is 3.52. The van der Waals surface area contributed by atoms with Gasteiger partial charge in [-0.3, -0.25) is 0 Å². The molecule has 0 aliphatic heterocycles. The molecule has 5 nitrogen and oxygen atoms in total. The molecule has 0 aromatic rings. The van der Waals surface area contributed by atoms with Crippen molar-refractivity contribution in [2.24, 2.45) is 5.73 Å². The van der Waals surface area contributed by atoms with Crippen LogP contribution in [0.25, 0.3) is 0 Å². The highest BCUT2D eigenvalue weighted by atomic mass is 16.6. The Morgan fingerprint density at radius 1 is 1.20 bits per heavy atom. The summed E-state index contributed by atoms with van der Waals surface area (Å²) in [5.41, 5.74) is 4.72. The maximum Gasteiger partial charge on any atom is 0.418 e. The van der Waals surface area contributed by atoms with Gasteiger partial charge >= 0.3 is 12.2 Å². The first-order valence-corrected chi connectivity index (χ1v) is 5.30. The van der Waals surface area contributed by atoms with E-state index in [1.54, 1.807) is 7.05 Å². The van der Waals surface area contributed by atoms with Crippen LogP contribution in [0.1, 0.15) is 39.0 Å². The topological polar surface area (TPSA) is 72.6 Å². The van der Waals surface area contributed by atoms with Crippen molar-refractivity contribution < 1.29 is 14.3 Å². The molecule has 88 valence electrons. The first-order valence-electron chi connectivity index (χ1n) is 5.30. The minimum atomic E-state index is -1.06. The molecule has 0 atom stereocenters. The van der Waals surface area contributed by atoms with Gasteiger partial charge in [0.25, 0.3) is 0 Å². The van der Waals surface area contributed by atoms with Gasteiger partial charge in [-0.1, -0.05) is 32.6 Å². The Labute approximate surface area is 90.6 Å². The van der Waals surface area contributed by atoms with Crippen LogP contribution in [0.15, 0.2) is 0 Å². The van der Waals surface area contributed by atoms with Crippen molar-refractivity contribution in [2.45, 2.75) is 39.0 Å². The summed E-state index contributed by atoms with van der Waals surface area (Å²) in [6, 6.07) is 0. The van der Waals surface area contributed by atoms with E-state index in [9.17, 15) is 9.59 Å². The highest BCUT2D eigenvalue weighted by Crippen LogP contribution is 2.03. The van der Waals surface area contributed by atoms with Crippen molar-refractivity contribution in [3.8, 4) is 0 Å². The third-order valence-electron chi connectivity index (χ3n) is 2.10. The molecule has 0 spiro atoms. The molecule has 0 saturated carbocycles. The zero-order valence-electron chi connectivity index (χ0n) is 9.49. The number of amides is 2. The van der Waals surface area contributed by atoms with Gasteiger partial charge in [0.15, 0.2) is 0 Å². The Balaban J connectivity index is 3.51. The molecule has 0 aliphatic rings. The highest BCUT2D eigenvalue weighted by Gasteiger charge is 2.11. The number of rotatable bonds is 6. The molecule has 0 aliphatic carbocycles. The number of primary amides is 1. The monoisotopic (exact) mass is 216 g/mol. The van der Waals surface area contributed by atoms with Gasteiger partial charge in [-0.15, -0.1) is 0 Å². The molecule has 2 N–H and O–H groups in total. The lowest BCUT2D eigenvalue weighted by molar-refractivity contribution is 0.129. The molecule has 0 aromatic heterocycles. The van der Waals surface area contributed by atoms with Crippen molar-refractivity contribution in [1.29, 1.82) is 0 Å². The summed E-state index contributed by atoms with van der Waals surface area (Å²) in [5.74, 6) is 0. The van der Waals surface area contributed by atoms with Gasteiger partial charge in [0.05, 0.1) is 0 Å². The predicted octanol–water partition coefficient (Wildman–Crippen LogP) is 2.10. The summed E-state index contributed by atoms with van der Waals surface area (Å²) in [4.78, 5) is 22.7. The van der Waals surface area contributed by atoms with E-state index in [0.29, 0.717) is 6.54 Å². The summed E-state index contributed by atoms with van der Waals surface area (Å²) < 4.78 is 4.22. The Morgan fingerprint density at radius 3 is 2.33 bits per heavy atom. The number of nitrogens with two attached hydrogens (primary N) is 1. The molecule has 0 fully saturated rings. The summed E-state index contributed by atoms with van der Waals surface area (Å²) >= 11 is 0. The first kappa shape index (κ1) is 13.7. The molecule has 0 unspecified atom stereocenters. The van der Waals surface area contributed by atoms with E-state index in [1.807, 2.05) is 0 Å². The van der Waals surface area contributed by atoms with Crippen molar-refractivity contribution in [3.63, 3.8) is 0 Å². The Morgan fingerprint density at radius 2 is 1.80 bits per heavy atom. The molecule has 0 rings (SSSR count). The number of hydrogen-bond donors (Lipinski definition) is 1. The van der Waals surface area contributed by atoms with Crippen LogP contribution in [0.5, 0.6) is 0 Å². The van der Waals surface area contributed by atoms with Crippen LogP contribution in [0.3, 0.4) is 0 Å². The summed E-state index contributed by atoms with van der Waals surface area (Å²) in [6.07, 6.45) is 3.85.